The first-order valence-electron chi connectivity index (χ1n) is 24.1. The monoisotopic (exact) mass is 779 g/mol. The molecule has 0 fully saturated rings. The predicted octanol–water partition coefficient (Wildman–Crippen LogP) is 15.2. The molecule has 0 amide bonds. The average molecular weight is 779 g/mol. The lowest BCUT2D eigenvalue weighted by atomic mass is 10.00. The molecule has 1 unspecified atom stereocenters. The van der Waals surface area contributed by atoms with Gasteiger partial charge >= 0.3 is 17.9 Å². The molecule has 55 heavy (non-hydrogen) atoms. The number of ether oxygens (including phenoxy) is 3. The second kappa shape index (κ2) is 40.6. The number of hydrogen-bond acceptors (Lipinski definition) is 6. The Morgan fingerprint density at radius 2 is 0.636 bits per heavy atom. The maximum atomic E-state index is 12.7. The Labute approximate surface area is 342 Å². The summed E-state index contributed by atoms with van der Waals surface area (Å²) in [6, 6.07) is 0. The normalized spacial score (nSPS) is 12.7. The van der Waals surface area contributed by atoms with E-state index < -0.39 is 6.10 Å². The molecule has 0 N–H and O–H groups in total. The maximum Gasteiger partial charge on any atom is 0.306 e. The topological polar surface area (TPSA) is 78.9 Å². The van der Waals surface area contributed by atoms with Crippen LogP contribution in [0.2, 0.25) is 0 Å². The van der Waals surface area contributed by atoms with Crippen molar-refractivity contribution in [2.45, 2.75) is 266 Å². The van der Waals surface area contributed by atoms with Crippen molar-refractivity contribution in [3.8, 4) is 0 Å². The molecule has 0 aliphatic carbocycles. The van der Waals surface area contributed by atoms with Crippen molar-refractivity contribution in [1.82, 2.24) is 0 Å². The first kappa shape index (κ1) is 53.4. The standard InChI is InChI=1S/C49H94O6/c1-7-45(6)37-31-25-21-22-27-33-39-48(51)54-42-46(41-53-47(50)38-32-26-19-16-12-14-18-24-30-36-44(4)5)55-49(52)40-34-28-20-15-11-9-8-10-13-17-23-29-35-43(2)3/h43-46H,7-42H2,1-6H3/t45?,46-/m1/s1. The Bertz CT molecular complexity index is 854. The molecule has 0 heterocycles. The van der Waals surface area contributed by atoms with Crippen LogP contribution in [0.3, 0.4) is 0 Å². The lowest BCUT2D eigenvalue weighted by molar-refractivity contribution is -0.167. The summed E-state index contributed by atoms with van der Waals surface area (Å²) in [5, 5.41) is 0. The van der Waals surface area contributed by atoms with Gasteiger partial charge in [0.25, 0.3) is 0 Å². The van der Waals surface area contributed by atoms with Crippen LogP contribution in [-0.2, 0) is 28.6 Å². The Balaban J connectivity index is 4.33. The third-order valence-electron chi connectivity index (χ3n) is 11.3. The van der Waals surface area contributed by atoms with E-state index in [9.17, 15) is 14.4 Å². The van der Waals surface area contributed by atoms with Gasteiger partial charge in [-0.25, -0.2) is 0 Å². The van der Waals surface area contributed by atoms with E-state index in [4.69, 9.17) is 14.2 Å². The summed E-state index contributed by atoms with van der Waals surface area (Å²) in [7, 11) is 0. The van der Waals surface area contributed by atoms with Crippen molar-refractivity contribution < 1.29 is 28.6 Å². The van der Waals surface area contributed by atoms with E-state index >= 15 is 0 Å². The van der Waals surface area contributed by atoms with Crippen molar-refractivity contribution in [3.05, 3.63) is 0 Å². The Morgan fingerprint density at radius 1 is 0.364 bits per heavy atom. The van der Waals surface area contributed by atoms with Crippen molar-refractivity contribution in [2.24, 2.45) is 17.8 Å². The first-order valence-corrected chi connectivity index (χ1v) is 24.1. The minimum absolute atomic E-state index is 0.0662. The molecule has 0 spiro atoms. The van der Waals surface area contributed by atoms with Crippen LogP contribution in [0.1, 0.15) is 260 Å². The summed E-state index contributed by atoms with van der Waals surface area (Å²) in [4.78, 5) is 37.8. The van der Waals surface area contributed by atoms with Crippen LogP contribution >= 0.6 is 0 Å². The fraction of sp³-hybridized carbons (Fsp3) is 0.939. The second-order valence-corrected chi connectivity index (χ2v) is 17.9. The van der Waals surface area contributed by atoms with Crippen LogP contribution in [-0.4, -0.2) is 37.2 Å². The van der Waals surface area contributed by atoms with Crippen molar-refractivity contribution in [1.29, 1.82) is 0 Å². The predicted molar refractivity (Wildman–Crippen MR) is 233 cm³/mol. The number of unbranched alkanes of at least 4 members (excludes halogenated alkanes) is 24. The van der Waals surface area contributed by atoms with Gasteiger partial charge in [-0.1, -0.05) is 221 Å². The molecule has 0 radical (unpaired) electrons. The van der Waals surface area contributed by atoms with Crippen LogP contribution in [0.4, 0.5) is 0 Å². The molecule has 0 saturated heterocycles. The Hall–Kier alpha value is -1.59. The zero-order valence-corrected chi connectivity index (χ0v) is 37.7. The van der Waals surface area contributed by atoms with Crippen LogP contribution in [0.25, 0.3) is 0 Å². The van der Waals surface area contributed by atoms with Gasteiger partial charge in [0.2, 0.25) is 0 Å². The van der Waals surface area contributed by atoms with Gasteiger partial charge in [0.05, 0.1) is 0 Å². The molecule has 326 valence electrons. The van der Waals surface area contributed by atoms with Crippen LogP contribution < -0.4 is 0 Å². The highest BCUT2D eigenvalue weighted by Gasteiger charge is 2.19. The quantitative estimate of drug-likeness (QED) is 0.0349. The van der Waals surface area contributed by atoms with Gasteiger partial charge in [-0.15, -0.1) is 0 Å². The first-order chi connectivity index (χ1) is 26.6. The molecule has 0 aliphatic heterocycles. The minimum atomic E-state index is -0.762. The minimum Gasteiger partial charge on any atom is -0.462 e. The molecular weight excluding hydrogens is 685 g/mol. The van der Waals surface area contributed by atoms with E-state index in [0.717, 1.165) is 75.5 Å². The highest BCUT2D eigenvalue weighted by molar-refractivity contribution is 5.71. The van der Waals surface area contributed by atoms with Crippen molar-refractivity contribution >= 4 is 17.9 Å². The molecule has 0 aromatic carbocycles. The van der Waals surface area contributed by atoms with Gasteiger partial charge in [-0.05, 0) is 37.0 Å². The number of rotatable bonds is 42. The molecule has 2 atom stereocenters. The van der Waals surface area contributed by atoms with Gasteiger partial charge in [0, 0.05) is 19.3 Å². The Morgan fingerprint density at radius 3 is 0.945 bits per heavy atom. The summed E-state index contributed by atoms with van der Waals surface area (Å²) in [6.07, 6.45) is 38.1. The number of esters is 3. The molecule has 6 heteroatoms. The van der Waals surface area contributed by atoms with Gasteiger partial charge in [0.15, 0.2) is 6.10 Å². The van der Waals surface area contributed by atoms with Crippen molar-refractivity contribution in [3.63, 3.8) is 0 Å². The molecule has 0 saturated carbocycles. The maximum absolute atomic E-state index is 12.7. The summed E-state index contributed by atoms with van der Waals surface area (Å²) in [5.74, 6) is 1.59. The fourth-order valence-electron chi connectivity index (χ4n) is 7.20. The fourth-order valence-corrected chi connectivity index (χ4v) is 7.20. The van der Waals surface area contributed by atoms with Crippen LogP contribution in [0.5, 0.6) is 0 Å². The lowest BCUT2D eigenvalue weighted by Gasteiger charge is -2.18. The molecule has 6 nitrogen and oxygen atoms in total. The third-order valence-corrected chi connectivity index (χ3v) is 11.3. The van der Waals surface area contributed by atoms with Gasteiger partial charge in [0.1, 0.15) is 13.2 Å². The number of carbonyl (C=O) groups excluding carboxylic acids is 3. The van der Waals surface area contributed by atoms with E-state index in [0.29, 0.717) is 19.3 Å². The number of hydrogen-bond donors (Lipinski definition) is 0. The molecule has 0 rings (SSSR count). The SMILES string of the molecule is CCC(C)CCCCCCCCC(=O)OC[C@@H](COC(=O)CCCCCCCCCCCC(C)C)OC(=O)CCCCCCCCCCCCCCC(C)C. The van der Waals surface area contributed by atoms with E-state index in [1.165, 1.54) is 141 Å². The summed E-state index contributed by atoms with van der Waals surface area (Å²) >= 11 is 0. The summed E-state index contributed by atoms with van der Waals surface area (Å²) in [6.45, 7) is 13.7. The van der Waals surface area contributed by atoms with E-state index in [-0.39, 0.29) is 31.1 Å². The van der Waals surface area contributed by atoms with E-state index in [1.807, 2.05) is 0 Å². The largest absolute Gasteiger partial charge is 0.462 e. The lowest BCUT2D eigenvalue weighted by Crippen LogP contribution is -2.30. The van der Waals surface area contributed by atoms with E-state index in [1.54, 1.807) is 0 Å². The van der Waals surface area contributed by atoms with Gasteiger partial charge in [-0.3, -0.25) is 14.4 Å². The van der Waals surface area contributed by atoms with Gasteiger partial charge < -0.3 is 14.2 Å². The smallest absolute Gasteiger partial charge is 0.306 e. The summed E-state index contributed by atoms with van der Waals surface area (Å²) < 4.78 is 16.7. The molecule has 0 bridgehead atoms. The van der Waals surface area contributed by atoms with Gasteiger partial charge in [-0.2, -0.15) is 0 Å². The molecular formula is C49H94O6. The third kappa shape index (κ3) is 41.9. The van der Waals surface area contributed by atoms with Crippen LogP contribution in [0.15, 0.2) is 0 Å². The Kier molecular flexibility index (Phi) is 39.4. The molecule has 0 aromatic rings. The number of carbonyl (C=O) groups is 3. The summed E-state index contributed by atoms with van der Waals surface area (Å²) in [5.41, 5.74) is 0. The molecule has 0 aromatic heterocycles. The second-order valence-electron chi connectivity index (χ2n) is 17.9. The molecule has 0 aliphatic rings. The van der Waals surface area contributed by atoms with Crippen LogP contribution in [0, 0.1) is 17.8 Å². The zero-order chi connectivity index (χ0) is 40.6. The highest BCUT2D eigenvalue weighted by atomic mass is 16.6. The van der Waals surface area contributed by atoms with E-state index in [2.05, 4.69) is 41.5 Å². The highest BCUT2D eigenvalue weighted by Crippen LogP contribution is 2.17. The van der Waals surface area contributed by atoms with Crippen molar-refractivity contribution in [2.75, 3.05) is 13.2 Å². The zero-order valence-electron chi connectivity index (χ0n) is 37.7. The average Bonchev–Trinajstić information content (AvgIpc) is 3.15.